The van der Waals surface area contributed by atoms with Crippen LogP contribution in [0.25, 0.3) is 0 Å². The third-order valence-electron chi connectivity index (χ3n) is 9.99. The Hall–Kier alpha value is -3.94. The molecule has 0 radical (unpaired) electrons. The maximum absolute atomic E-state index is 14.4. The molecule has 240 valence electrons. The zero-order valence-electron chi connectivity index (χ0n) is 24.8. The molecule has 0 spiro atoms. The van der Waals surface area contributed by atoms with Gasteiger partial charge >= 0.3 is 6.18 Å². The Labute approximate surface area is 257 Å². The van der Waals surface area contributed by atoms with Gasteiger partial charge in [-0.05, 0) is 75.5 Å². The van der Waals surface area contributed by atoms with Crippen LogP contribution in [0.15, 0.2) is 24.3 Å². The number of carbonyl (C=O) groups is 4. The van der Waals surface area contributed by atoms with E-state index in [1.54, 1.807) is 16.5 Å². The Morgan fingerprint density at radius 3 is 2.47 bits per heavy atom. The molecule has 0 unspecified atom stereocenters. The molecule has 11 nitrogen and oxygen atoms in total. The van der Waals surface area contributed by atoms with Crippen molar-refractivity contribution in [3.05, 3.63) is 46.6 Å². The standard InChI is InChI=1S/C31H35F3N6O5/c1-2-38-28-23(22(15-6-7-15)24(29(38)43)36-27(42)16-4-3-5-18(12-16)31(32,33)34)25(37-40(28)19-8-10-45-11-9-19)30(44)39-20-13-17(20)14-21(39)26(35)41/h3-5,12,15,17,19-22,24H,2,6-11,13-14H2,1H3,(H2,35,41)(H,36,42)/t17-,20-,21+,22-,24-/m0/s1. The van der Waals surface area contributed by atoms with Crippen LogP contribution in [0.5, 0.6) is 0 Å². The summed E-state index contributed by atoms with van der Waals surface area (Å²) in [4.78, 5) is 57.6. The van der Waals surface area contributed by atoms with Crippen molar-refractivity contribution in [3.63, 3.8) is 0 Å². The topological polar surface area (TPSA) is 140 Å². The van der Waals surface area contributed by atoms with E-state index in [4.69, 9.17) is 15.6 Å². The predicted molar refractivity (Wildman–Crippen MR) is 153 cm³/mol. The number of halogens is 3. The third-order valence-corrected chi connectivity index (χ3v) is 9.99. The summed E-state index contributed by atoms with van der Waals surface area (Å²) in [6.45, 7) is 2.97. The number of nitrogens with zero attached hydrogens (tertiary/aromatic N) is 4. The number of anilines is 1. The van der Waals surface area contributed by atoms with Gasteiger partial charge in [-0.25, -0.2) is 4.68 Å². The molecule has 2 saturated carbocycles. The zero-order chi connectivity index (χ0) is 31.8. The maximum Gasteiger partial charge on any atom is 0.416 e. The molecular weight excluding hydrogens is 593 g/mol. The van der Waals surface area contributed by atoms with Gasteiger partial charge in [0.25, 0.3) is 17.7 Å². The fourth-order valence-corrected chi connectivity index (χ4v) is 7.56. The number of hydrogen-bond acceptors (Lipinski definition) is 6. The van der Waals surface area contributed by atoms with E-state index in [0.717, 1.165) is 37.5 Å². The van der Waals surface area contributed by atoms with Crippen molar-refractivity contribution < 1.29 is 37.1 Å². The number of benzene rings is 1. The van der Waals surface area contributed by atoms with Gasteiger partial charge < -0.3 is 20.7 Å². The van der Waals surface area contributed by atoms with Gasteiger partial charge in [-0.2, -0.15) is 18.3 Å². The van der Waals surface area contributed by atoms with Crippen LogP contribution in [0.1, 0.15) is 89.4 Å². The predicted octanol–water partition coefficient (Wildman–Crippen LogP) is 3.00. The minimum atomic E-state index is -4.64. The summed E-state index contributed by atoms with van der Waals surface area (Å²) in [7, 11) is 0. The van der Waals surface area contributed by atoms with Crippen molar-refractivity contribution in [1.82, 2.24) is 20.0 Å². The molecule has 3 aliphatic heterocycles. The number of rotatable bonds is 7. The summed E-state index contributed by atoms with van der Waals surface area (Å²) < 4.78 is 47.6. The highest BCUT2D eigenvalue weighted by atomic mass is 19.4. The lowest BCUT2D eigenvalue weighted by atomic mass is 9.82. The molecule has 4 amide bonds. The van der Waals surface area contributed by atoms with E-state index in [0.29, 0.717) is 43.9 Å². The number of fused-ring (bicyclic) bond motifs is 2. The SMILES string of the molecule is CCN1C(=O)[C@@H](NC(=O)c2cccc(C(F)(F)F)c2)[C@@H](C2CC2)c2c(C(=O)N3[C@@H](C(N)=O)C[C@@H]4C[C@@H]43)nn(C3CCOCC3)c21. The molecule has 1 aromatic heterocycles. The van der Waals surface area contributed by atoms with Crippen LogP contribution in [0.2, 0.25) is 0 Å². The number of likely N-dealkylation sites (N-methyl/N-ethyl adjacent to an activating group) is 1. The molecule has 4 heterocycles. The van der Waals surface area contributed by atoms with E-state index >= 15 is 0 Å². The molecule has 4 fully saturated rings. The molecule has 5 aliphatic rings. The average Bonchev–Trinajstić information content (AvgIpc) is 3.94. The molecule has 45 heavy (non-hydrogen) atoms. The van der Waals surface area contributed by atoms with Crippen molar-refractivity contribution in [3.8, 4) is 0 Å². The number of nitrogens with two attached hydrogens (primary N) is 1. The van der Waals surface area contributed by atoms with Crippen LogP contribution < -0.4 is 16.0 Å². The first-order chi connectivity index (χ1) is 21.5. The normalized spacial score (nSPS) is 28.1. The summed E-state index contributed by atoms with van der Waals surface area (Å²) in [6, 6.07) is 1.92. The lowest BCUT2D eigenvalue weighted by Gasteiger charge is -2.39. The van der Waals surface area contributed by atoms with Crippen LogP contribution in [0.3, 0.4) is 0 Å². The molecule has 5 atom stereocenters. The quantitative estimate of drug-likeness (QED) is 0.484. The number of hydrogen-bond donors (Lipinski definition) is 2. The maximum atomic E-state index is 14.4. The van der Waals surface area contributed by atoms with E-state index < -0.39 is 53.4 Å². The lowest BCUT2D eigenvalue weighted by molar-refractivity contribution is -0.137. The van der Waals surface area contributed by atoms with Crippen molar-refractivity contribution in [2.24, 2.45) is 17.6 Å². The fourth-order valence-electron chi connectivity index (χ4n) is 7.56. The van der Waals surface area contributed by atoms with E-state index in [2.05, 4.69) is 5.32 Å². The highest BCUT2D eigenvalue weighted by Gasteiger charge is 2.58. The van der Waals surface area contributed by atoms with Gasteiger partial charge in [-0.1, -0.05) is 6.07 Å². The summed E-state index contributed by atoms with van der Waals surface area (Å²) in [5.41, 5.74) is 5.20. The van der Waals surface area contributed by atoms with Crippen molar-refractivity contribution >= 4 is 29.4 Å². The Morgan fingerprint density at radius 1 is 1.09 bits per heavy atom. The third kappa shape index (κ3) is 5.06. The van der Waals surface area contributed by atoms with Gasteiger partial charge in [-0.3, -0.25) is 24.1 Å². The number of carbonyl (C=O) groups excluding carboxylic acids is 4. The Bertz CT molecular complexity index is 1560. The van der Waals surface area contributed by atoms with Gasteiger partial charge in [0, 0.05) is 42.8 Å². The molecule has 1 aromatic carbocycles. The lowest BCUT2D eigenvalue weighted by Crippen LogP contribution is -2.56. The van der Waals surface area contributed by atoms with Crippen LogP contribution in [0, 0.1) is 11.8 Å². The summed E-state index contributed by atoms with van der Waals surface area (Å²) in [5, 5.41) is 7.65. The Morgan fingerprint density at radius 2 is 1.82 bits per heavy atom. The molecule has 2 aromatic rings. The second-order valence-corrected chi connectivity index (χ2v) is 12.8. The second-order valence-electron chi connectivity index (χ2n) is 12.8. The summed E-state index contributed by atoms with van der Waals surface area (Å²) in [6.07, 6.45) is -0.642. The van der Waals surface area contributed by atoms with Gasteiger partial charge in [-0.15, -0.1) is 0 Å². The fraction of sp³-hybridized carbons (Fsp3) is 0.581. The number of primary amides is 1. The van der Waals surface area contributed by atoms with Crippen molar-refractivity contribution in [1.29, 1.82) is 0 Å². The van der Waals surface area contributed by atoms with Crippen molar-refractivity contribution in [2.75, 3.05) is 24.7 Å². The minimum absolute atomic E-state index is 0.0587. The summed E-state index contributed by atoms with van der Waals surface area (Å²) in [5.74, 6) is -2.22. The van der Waals surface area contributed by atoms with E-state index in [-0.39, 0.29) is 41.7 Å². The van der Waals surface area contributed by atoms with E-state index in [1.165, 1.54) is 11.0 Å². The minimum Gasteiger partial charge on any atom is -0.381 e. The van der Waals surface area contributed by atoms with Gasteiger partial charge in [0.1, 0.15) is 17.9 Å². The number of alkyl halides is 3. The second kappa shape index (κ2) is 10.8. The first-order valence-corrected chi connectivity index (χ1v) is 15.6. The highest BCUT2D eigenvalue weighted by Crippen LogP contribution is 2.53. The van der Waals surface area contributed by atoms with Crippen LogP contribution >= 0.6 is 0 Å². The molecule has 7 rings (SSSR count). The van der Waals surface area contributed by atoms with Gasteiger partial charge in [0.15, 0.2) is 5.69 Å². The van der Waals surface area contributed by atoms with Crippen LogP contribution in [-0.2, 0) is 20.5 Å². The largest absolute Gasteiger partial charge is 0.416 e. The first kappa shape index (κ1) is 29.8. The number of nitrogens with one attached hydrogen (secondary N) is 1. The average molecular weight is 629 g/mol. The van der Waals surface area contributed by atoms with Crippen molar-refractivity contribution in [2.45, 2.75) is 81.7 Å². The highest BCUT2D eigenvalue weighted by molar-refractivity contribution is 6.07. The van der Waals surface area contributed by atoms with E-state index in [9.17, 15) is 32.3 Å². The van der Waals surface area contributed by atoms with Gasteiger partial charge in [0.2, 0.25) is 5.91 Å². The zero-order valence-corrected chi connectivity index (χ0v) is 24.8. The van der Waals surface area contributed by atoms with Crippen LogP contribution in [0.4, 0.5) is 19.0 Å². The van der Waals surface area contributed by atoms with E-state index in [1.807, 2.05) is 0 Å². The first-order valence-electron chi connectivity index (χ1n) is 15.6. The molecule has 14 heteroatoms. The number of amides is 4. The number of aromatic nitrogens is 2. The number of piperidine rings is 1. The molecular formula is C31H35F3N6O5. The Balaban J connectivity index is 1.33. The Kier molecular flexibility index (Phi) is 7.17. The van der Waals surface area contributed by atoms with Gasteiger partial charge in [0.05, 0.1) is 11.6 Å². The monoisotopic (exact) mass is 628 g/mol. The smallest absolute Gasteiger partial charge is 0.381 e. The molecule has 2 saturated heterocycles. The molecule has 2 aliphatic carbocycles. The molecule has 3 N–H and O–H groups in total. The molecule has 0 bridgehead atoms. The number of ether oxygens (including phenoxy) is 1. The summed E-state index contributed by atoms with van der Waals surface area (Å²) >= 11 is 0. The number of likely N-dealkylation sites (tertiary alicyclic amines) is 1. The van der Waals surface area contributed by atoms with Crippen LogP contribution in [-0.4, -0.2) is 76.2 Å².